The van der Waals surface area contributed by atoms with Crippen molar-refractivity contribution in [3.63, 3.8) is 0 Å². The van der Waals surface area contributed by atoms with Crippen molar-refractivity contribution < 1.29 is 0 Å². The standard InChI is InChI=1S/C10H16N2/c1-7(2)8-3-4-9-10(5-8)12-6-11-9/h6-8H,3-5H2,1-2H3,(H,11,12). The smallest absolute Gasteiger partial charge is 0.0925 e. The fourth-order valence-electron chi connectivity index (χ4n) is 2.00. The number of nitrogens with zero attached hydrogens (tertiary/aromatic N) is 1. The monoisotopic (exact) mass is 164 g/mol. The van der Waals surface area contributed by atoms with Crippen molar-refractivity contribution in [2.75, 3.05) is 0 Å². The fraction of sp³-hybridized carbons (Fsp3) is 0.700. The Labute approximate surface area is 73.4 Å². The highest BCUT2D eigenvalue weighted by Gasteiger charge is 2.22. The molecule has 0 aliphatic heterocycles. The first-order valence-electron chi connectivity index (χ1n) is 4.78. The van der Waals surface area contributed by atoms with Crippen LogP contribution in [0.1, 0.15) is 31.7 Å². The summed E-state index contributed by atoms with van der Waals surface area (Å²) in [7, 11) is 0. The van der Waals surface area contributed by atoms with Gasteiger partial charge in [0.15, 0.2) is 0 Å². The molecule has 2 rings (SSSR count). The van der Waals surface area contributed by atoms with E-state index in [1.54, 1.807) is 0 Å². The highest BCUT2D eigenvalue weighted by Crippen LogP contribution is 2.27. The van der Waals surface area contributed by atoms with Gasteiger partial charge in [-0.25, -0.2) is 4.98 Å². The van der Waals surface area contributed by atoms with Crippen LogP contribution >= 0.6 is 0 Å². The summed E-state index contributed by atoms with van der Waals surface area (Å²) >= 11 is 0. The number of fused-ring (bicyclic) bond motifs is 1. The third-order valence-electron chi connectivity index (χ3n) is 2.97. The summed E-state index contributed by atoms with van der Waals surface area (Å²) in [6.45, 7) is 4.62. The van der Waals surface area contributed by atoms with Crippen LogP contribution in [0.5, 0.6) is 0 Å². The number of imidazole rings is 1. The summed E-state index contributed by atoms with van der Waals surface area (Å²) in [6, 6.07) is 0. The number of aromatic nitrogens is 2. The molecule has 0 radical (unpaired) electrons. The molecule has 12 heavy (non-hydrogen) atoms. The molecule has 1 unspecified atom stereocenters. The minimum Gasteiger partial charge on any atom is -0.348 e. The zero-order valence-electron chi connectivity index (χ0n) is 7.80. The molecule has 66 valence electrons. The van der Waals surface area contributed by atoms with Gasteiger partial charge in [0.25, 0.3) is 0 Å². The molecule has 1 aliphatic carbocycles. The van der Waals surface area contributed by atoms with Gasteiger partial charge in [0, 0.05) is 5.69 Å². The Morgan fingerprint density at radius 1 is 1.58 bits per heavy atom. The second-order valence-electron chi connectivity index (χ2n) is 4.07. The molecule has 1 aromatic heterocycles. The average molecular weight is 164 g/mol. The molecule has 0 spiro atoms. The van der Waals surface area contributed by atoms with E-state index in [9.17, 15) is 0 Å². The lowest BCUT2D eigenvalue weighted by Gasteiger charge is -2.24. The van der Waals surface area contributed by atoms with Crippen LogP contribution in [0.25, 0.3) is 0 Å². The van der Waals surface area contributed by atoms with Crippen LogP contribution in [-0.4, -0.2) is 9.97 Å². The van der Waals surface area contributed by atoms with E-state index in [4.69, 9.17) is 0 Å². The first kappa shape index (κ1) is 7.84. The number of hydrogen-bond donors (Lipinski definition) is 1. The van der Waals surface area contributed by atoms with Crippen LogP contribution in [0, 0.1) is 11.8 Å². The van der Waals surface area contributed by atoms with Gasteiger partial charge in [-0.1, -0.05) is 13.8 Å². The van der Waals surface area contributed by atoms with Crippen molar-refractivity contribution in [2.24, 2.45) is 11.8 Å². The number of rotatable bonds is 1. The van der Waals surface area contributed by atoms with Gasteiger partial charge in [0.05, 0.1) is 12.0 Å². The summed E-state index contributed by atoms with van der Waals surface area (Å²) < 4.78 is 0. The topological polar surface area (TPSA) is 28.7 Å². The van der Waals surface area contributed by atoms with Gasteiger partial charge in [0.1, 0.15) is 0 Å². The van der Waals surface area contributed by atoms with Crippen LogP contribution in [-0.2, 0) is 12.8 Å². The van der Waals surface area contributed by atoms with Gasteiger partial charge in [-0.05, 0) is 31.1 Å². The molecule has 0 bridgehead atoms. The predicted octanol–water partition coefficient (Wildman–Crippen LogP) is 2.17. The van der Waals surface area contributed by atoms with Crippen LogP contribution in [0.15, 0.2) is 6.33 Å². The van der Waals surface area contributed by atoms with Crippen molar-refractivity contribution in [3.8, 4) is 0 Å². The number of nitrogens with one attached hydrogen (secondary N) is 1. The highest BCUT2D eigenvalue weighted by molar-refractivity contribution is 5.15. The zero-order valence-corrected chi connectivity index (χ0v) is 7.80. The molecule has 2 nitrogen and oxygen atoms in total. The van der Waals surface area contributed by atoms with Crippen molar-refractivity contribution in [3.05, 3.63) is 17.7 Å². The molecule has 0 aromatic carbocycles. The molecular weight excluding hydrogens is 148 g/mol. The van der Waals surface area contributed by atoms with Gasteiger partial charge < -0.3 is 4.98 Å². The van der Waals surface area contributed by atoms with E-state index < -0.39 is 0 Å². The zero-order chi connectivity index (χ0) is 8.55. The minimum absolute atomic E-state index is 0.807. The molecule has 1 heterocycles. The molecule has 2 heteroatoms. The maximum Gasteiger partial charge on any atom is 0.0925 e. The van der Waals surface area contributed by atoms with Crippen LogP contribution in [0.2, 0.25) is 0 Å². The maximum absolute atomic E-state index is 4.29. The Bertz CT molecular complexity index is 263. The third kappa shape index (κ3) is 1.26. The summed E-state index contributed by atoms with van der Waals surface area (Å²) in [5.41, 5.74) is 2.67. The van der Waals surface area contributed by atoms with E-state index in [0.29, 0.717) is 0 Å². The second-order valence-corrected chi connectivity index (χ2v) is 4.07. The number of H-pyrrole nitrogens is 1. The molecule has 0 amide bonds. The molecule has 0 fully saturated rings. The Kier molecular flexibility index (Phi) is 1.91. The quantitative estimate of drug-likeness (QED) is 0.677. The normalized spacial score (nSPS) is 22.8. The Morgan fingerprint density at radius 3 is 3.17 bits per heavy atom. The number of hydrogen-bond acceptors (Lipinski definition) is 1. The lowest BCUT2D eigenvalue weighted by atomic mass is 9.82. The molecular formula is C10H16N2. The van der Waals surface area contributed by atoms with Gasteiger partial charge in [0.2, 0.25) is 0 Å². The van der Waals surface area contributed by atoms with Crippen LogP contribution in [0.3, 0.4) is 0 Å². The summed E-state index contributed by atoms with van der Waals surface area (Å²) in [6.07, 6.45) is 5.51. The number of aromatic amines is 1. The van der Waals surface area contributed by atoms with E-state index in [1.807, 2.05) is 6.33 Å². The molecule has 0 saturated heterocycles. The van der Waals surface area contributed by atoms with Gasteiger partial charge in [-0.3, -0.25) is 0 Å². The van der Waals surface area contributed by atoms with E-state index in [2.05, 4.69) is 23.8 Å². The van der Waals surface area contributed by atoms with E-state index >= 15 is 0 Å². The lowest BCUT2D eigenvalue weighted by molar-refractivity contribution is 0.338. The second kappa shape index (κ2) is 2.92. The maximum atomic E-state index is 4.29. The van der Waals surface area contributed by atoms with Crippen molar-refractivity contribution >= 4 is 0 Å². The Balaban J connectivity index is 2.15. The van der Waals surface area contributed by atoms with Crippen LogP contribution < -0.4 is 0 Å². The molecule has 1 aliphatic rings. The van der Waals surface area contributed by atoms with Gasteiger partial charge in [-0.2, -0.15) is 0 Å². The third-order valence-corrected chi connectivity index (χ3v) is 2.97. The Hall–Kier alpha value is -0.790. The van der Waals surface area contributed by atoms with E-state index in [-0.39, 0.29) is 0 Å². The summed E-state index contributed by atoms with van der Waals surface area (Å²) in [5, 5.41) is 0. The summed E-state index contributed by atoms with van der Waals surface area (Å²) in [4.78, 5) is 7.53. The highest BCUT2D eigenvalue weighted by atomic mass is 14.9. The van der Waals surface area contributed by atoms with Crippen molar-refractivity contribution in [2.45, 2.75) is 33.1 Å². The van der Waals surface area contributed by atoms with Crippen molar-refractivity contribution in [1.82, 2.24) is 9.97 Å². The predicted molar refractivity (Wildman–Crippen MR) is 48.9 cm³/mol. The first-order valence-corrected chi connectivity index (χ1v) is 4.78. The van der Waals surface area contributed by atoms with E-state index in [0.717, 1.165) is 11.8 Å². The van der Waals surface area contributed by atoms with Crippen LogP contribution in [0.4, 0.5) is 0 Å². The average Bonchev–Trinajstić information content (AvgIpc) is 2.49. The molecule has 1 N–H and O–H groups in total. The Morgan fingerprint density at radius 2 is 2.42 bits per heavy atom. The van der Waals surface area contributed by atoms with Crippen molar-refractivity contribution in [1.29, 1.82) is 0 Å². The molecule has 1 aromatic rings. The van der Waals surface area contributed by atoms with Gasteiger partial charge >= 0.3 is 0 Å². The lowest BCUT2D eigenvalue weighted by Crippen LogP contribution is -2.18. The minimum atomic E-state index is 0.807. The SMILES string of the molecule is CC(C)C1CCc2nc[nH]c2C1. The first-order chi connectivity index (χ1) is 5.77. The number of aryl methyl sites for hydroxylation is 1. The van der Waals surface area contributed by atoms with E-state index in [1.165, 1.54) is 30.7 Å². The molecule has 0 saturated carbocycles. The largest absolute Gasteiger partial charge is 0.348 e. The molecule has 1 atom stereocenters. The fourth-order valence-corrected chi connectivity index (χ4v) is 2.00. The van der Waals surface area contributed by atoms with Gasteiger partial charge in [-0.15, -0.1) is 0 Å². The summed E-state index contributed by atoms with van der Waals surface area (Å²) in [5.74, 6) is 1.67.